The maximum absolute atomic E-state index is 14.6. The number of ketones is 1. The quantitative estimate of drug-likeness (QED) is 0.134. The van der Waals surface area contributed by atoms with Crippen molar-refractivity contribution in [3.05, 3.63) is 47.6 Å². The van der Waals surface area contributed by atoms with Gasteiger partial charge in [0.2, 0.25) is 5.79 Å². The van der Waals surface area contributed by atoms with E-state index in [4.69, 9.17) is 28.4 Å². The van der Waals surface area contributed by atoms with Crippen LogP contribution in [0.1, 0.15) is 126 Å². The van der Waals surface area contributed by atoms with Gasteiger partial charge >= 0.3 is 5.97 Å². The van der Waals surface area contributed by atoms with Crippen molar-refractivity contribution in [1.82, 2.24) is 4.90 Å². The van der Waals surface area contributed by atoms with Crippen LogP contribution in [0.2, 0.25) is 0 Å². The number of nitrogens with zero attached hydrogens (tertiary/aromatic N) is 2. The Morgan fingerprint density at radius 2 is 1.55 bits per heavy atom. The second-order valence-electron chi connectivity index (χ2n) is 20.2. The summed E-state index contributed by atoms with van der Waals surface area (Å²) in [5, 5.41) is 34.4. The van der Waals surface area contributed by atoms with Crippen LogP contribution in [0.3, 0.4) is 0 Å². The minimum atomic E-state index is -2.39. The molecule has 3 fully saturated rings. The first kappa shape index (κ1) is 56.5. The lowest BCUT2D eigenvalue weighted by atomic mass is 9.78. The average Bonchev–Trinajstić information content (AvgIpc) is 3.31. The summed E-state index contributed by atoms with van der Waals surface area (Å²) >= 11 is 0. The number of cyclic esters (lactones) is 1. The number of fused-ring (bicyclic) bond motifs is 3. The second kappa shape index (κ2) is 26.8. The highest BCUT2D eigenvalue weighted by Gasteiger charge is 2.53. The molecule has 1 aliphatic carbocycles. The molecule has 2 saturated heterocycles. The monoisotopic (exact) mass is 943 g/mol. The zero-order chi connectivity index (χ0) is 49.6. The molecule has 3 heterocycles. The molecule has 380 valence electrons. The van der Waals surface area contributed by atoms with E-state index in [1.807, 2.05) is 58.1 Å². The fourth-order valence-electron chi connectivity index (χ4n) is 10.9. The fraction of sp³-hybridized carbons (Fsp3) is 0.774. The van der Waals surface area contributed by atoms with Gasteiger partial charge in [0.05, 0.1) is 30.5 Å². The molecule has 1 amide bonds. The summed E-state index contributed by atoms with van der Waals surface area (Å²) in [6, 6.07) is -1.05. The molecule has 4 rings (SSSR count). The number of rotatable bonds is 7. The number of methoxy groups -OCH3 is 4. The van der Waals surface area contributed by atoms with Crippen LogP contribution in [0.4, 0.5) is 0 Å². The predicted molar refractivity (Wildman–Crippen MR) is 259 cm³/mol. The van der Waals surface area contributed by atoms with Crippen molar-refractivity contribution in [2.75, 3.05) is 42.0 Å². The number of ether oxygens (including phenoxy) is 6. The van der Waals surface area contributed by atoms with Crippen LogP contribution < -0.4 is 0 Å². The van der Waals surface area contributed by atoms with Crippen LogP contribution in [-0.4, -0.2) is 146 Å². The van der Waals surface area contributed by atoms with Gasteiger partial charge in [-0.3, -0.25) is 14.6 Å². The summed E-state index contributed by atoms with van der Waals surface area (Å²) in [4.78, 5) is 49.1. The largest absolute Gasteiger partial charge is 0.460 e. The number of esters is 1. The predicted octanol–water partition coefficient (Wildman–Crippen LogP) is 7.13. The molecule has 0 aromatic rings. The number of Topliss-reactive ketones (excluding diaryl/α,β-unsaturated/α-hetero) is 1. The van der Waals surface area contributed by atoms with Crippen molar-refractivity contribution >= 4 is 23.4 Å². The van der Waals surface area contributed by atoms with E-state index in [9.17, 15) is 29.7 Å². The molecule has 3 aliphatic heterocycles. The van der Waals surface area contributed by atoms with Gasteiger partial charge in [-0.2, -0.15) is 0 Å². The minimum absolute atomic E-state index is 0.00248. The SMILES string of the molecule is CN=C1[C@H](C)C[C@H](C)/C=C/C=C/C=C(\C)[C@@H](OC)C[C@@H]2CC[C@@H](C)[C@@](O)(O2)C(=O)C(=O)N2CCCC[C@H]2C(=O)O[C@H]([C@H](C)C[C@@H]2CC[C@@H](O)[C@H](OC)C2)C[C@@H](OC)[C@H](C)/C=C(\C)[C@@H](O)[C@H]1OC. The third kappa shape index (κ3) is 15.0. The van der Waals surface area contributed by atoms with Crippen molar-refractivity contribution in [3.8, 4) is 0 Å². The van der Waals surface area contributed by atoms with Crippen LogP contribution in [0.15, 0.2) is 52.6 Å². The summed E-state index contributed by atoms with van der Waals surface area (Å²) in [6.07, 6.45) is 14.2. The maximum atomic E-state index is 14.6. The van der Waals surface area contributed by atoms with Gasteiger partial charge < -0.3 is 48.6 Å². The number of allylic oxidation sites excluding steroid dienone is 5. The van der Waals surface area contributed by atoms with E-state index in [2.05, 4.69) is 24.9 Å². The van der Waals surface area contributed by atoms with Gasteiger partial charge in [0.15, 0.2) is 0 Å². The van der Waals surface area contributed by atoms with E-state index in [0.29, 0.717) is 69.8 Å². The Labute approximate surface area is 401 Å². The summed E-state index contributed by atoms with van der Waals surface area (Å²) in [5.74, 6) is -5.74. The normalized spacial score (nSPS) is 41.3. The first-order valence-corrected chi connectivity index (χ1v) is 24.9. The Morgan fingerprint density at radius 1 is 0.836 bits per heavy atom. The Hall–Kier alpha value is -3.08. The van der Waals surface area contributed by atoms with Crippen molar-refractivity contribution < 1.29 is 58.1 Å². The van der Waals surface area contributed by atoms with E-state index in [1.54, 1.807) is 42.4 Å². The minimum Gasteiger partial charge on any atom is -0.460 e. The number of hydrogen-bond donors (Lipinski definition) is 3. The average molecular weight is 943 g/mol. The topological polar surface area (TPSA) is 183 Å². The van der Waals surface area contributed by atoms with E-state index >= 15 is 0 Å². The molecule has 67 heavy (non-hydrogen) atoms. The second-order valence-corrected chi connectivity index (χ2v) is 20.2. The lowest BCUT2D eigenvalue weighted by Crippen LogP contribution is -2.61. The number of piperidine rings is 1. The van der Waals surface area contributed by atoms with Crippen molar-refractivity contribution in [2.45, 2.75) is 186 Å². The van der Waals surface area contributed by atoms with Crippen molar-refractivity contribution in [1.29, 1.82) is 0 Å². The molecule has 3 N–H and O–H groups in total. The van der Waals surface area contributed by atoms with Gasteiger partial charge in [-0.05, 0) is 113 Å². The highest BCUT2D eigenvalue weighted by molar-refractivity contribution is 6.39. The first-order chi connectivity index (χ1) is 31.8. The van der Waals surface area contributed by atoms with Gasteiger partial charge in [0.25, 0.3) is 11.7 Å². The Kier molecular flexibility index (Phi) is 22.6. The zero-order valence-corrected chi connectivity index (χ0v) is 42.7. The molecule has 0 radical (unpaired) electrons. The Balaban J connectivity index is 1.74. The number of hydrogen-bond acceptors (Lipinski definition) is 13. The summed E-state index contributed by atoms with van der Waals surface area (Å²) in [5.41, 5.74) is 2.38. The van der Waals surface area contributed by atoms with Gasteiger partial charge in [-0.15, -0.1) is 0 Å². The van der Waals surface area contributed by atoms with Gasteiger partial charge in [0.1, 0.15) is 24.4 Å². The standard InChI is InChI=1S/C53H86N2O12/c1-32-18-14-13-15-19-33(2)43(62-9)30-40-23-21-38(7)53(61,67-40)50(58)51(59)55-25-17-16-20-41(55)52(60)66-45(35(4)28-39-22-24-42(56)46(29-39)64-11)31-44(63-10)34(3)27-37(6)48(57)49(65-12)47(54-8)36(5)26-32/h13-15,18-19,27,32,34-36,38-46,48-49,56-57,61H,16-17,20-26,28-31H2,1-12H3/b15-13+,18-14+,33-19+,37-27+,54-47?/t32-,34-,35-,36-,38-,39+,40+,41+,42-,43+,44-,45+,46-,48-,49+,53-/m1/s1. The first-order valence-electron chi connectivity index (χ1n) is 24.9. The number of amides is 1. The van der Waals surface area contributed by atoms with E-state index in [0.717, 1.165) is 24.1 Å². The van der Waals surface area contributed by atoms with Gasteiger partial charge in [-0.1, -0.05) is 71.1 Å². The molecule has 14 heteroatoms. The summed E-state index contributed by atoms with van der Waals surface area (Å²) in [6.45, 7) is 14.0. The number of carbonyl (C=O) groups excluding carboxylic acids is 3. The molecule has 0 spiro atoms. The highest BCUT2D eigenvalue weighted by Crippen LogP contribution is 2.38. The third-order valence-electron chi connectivity index (χ3n) is 15.2. The molecule has 0 unspecified atom stereocenters. The maximum Gasteiger partial charge on any atom is 0.329 e. The molecule has 14 nitrogen and oxygen atoms in total. The third-order valence-corrected chi connectivity index (χ3v) is 15.2. The van der Waals surface area contributed by atoms with E-state index < -0.39 is 72.0 Å². The Bertz CT molecular complexity index is 1760. The Morgan fingerprint density at radius 3 is 2.21 bits per heavy atom. The van der Waals surface area contributed by atoms with Crippen LogP contribution >= 0.6 is 0 Å². The van der Waals surface area contributed by atoms with Gasteiger partial charge in [0, 0.05) is 72.4 Å². The molecular weight excluding hydrogens is 857 g/mol. The number of aliphatic hydroxyl groups is 3. The number of aliphatic hydroxyl groups excluding tert-OH is 2. The van der Waals surface area contributed by atoms with E-state index in [1.165, 1.54) is 4.90 Å². The van der Waals surface area contributed by atoms with Gasteiger partial charge in [-0.25, -0.2) is 4.79 Å². The molecule has 2 bridgehead atoms. The van der Waals surface area contributed by atoms with Crippen LogP contribution in [-0.2, 0) is 42.8 Å². The zero-order valence-electron chi connectivity index (χ0n) is 42.7. The molecule has 0 aromatic carbocycles. The molecule has 16 atom stereocenters. The smallest absolute Gasteiger partial charge is 0.329 e. The molecule has 0 aromatic heterocycles. The lowest BCUT2D eigenvalue weighted by molar-refractivity contribution is -0.265. The fourth-order valence-corrected chi connectivity index (χ4v) is 10.9. The highest BCUT2D eigenvalue weighted by atomic mass is 16.6. The lowest BCUT2D eigenvalue weighted by Gasteiger charge is -2.43. The van der Waals surface area contributed by atoms with Crippen LogP contribution in [0, 0.1) is 35.5 Å². The molecule has 1 saturated carbocycles. The van der Waals surface area contributed by atoms with Crippen molar-refractivity contribution in [3.63, 3.8) is 0 Å². The summed E-state index contributed by atoms with van der Waals surface area (Å²) < 4.78 is 36.3. The van der Waals surface area contributed by atoms with Crippen LogP contribution in [0.5, 0.6) is 0 Å². The van der Waals surface area contributed by atoms with E-state index in [-0.39, 0.29) is 48.3 Å². The number of carbonyl (C=O) groups is 3. The molecule has 4 aliphatic rings. The number of aliphatic imine (C=N–C) groups is 1. The van der Waals surface area contributed by atoms with Crippen molar-refractivity contribution in [2.24, 2.45) is 40.5 Å². The van der Waals surface area contributed by atoms with Crippen LogP contribution in [0.25, 0.3) is 0 Å². The molecular formula is C53H86N2O12. The summed E-state index contributed by atoms with van der Waals surface area (Å²) in [7, 11) is 8.16.